The fourth-order valence-corrected chi connectivity index (χ4v) is 2.86. The first kappa shape index (κ1) is 9.88. The molecule has 2 aromatic rings. The van der Waals surface area contributed by atoms with Gasteiger partial charge in [-0.3, -0.25) is 5.10 Å². The lowest BCUT2D eigenvalue weighted by Crippen LogP contribution is -1.98. The van der Waals surface area contributed by atoms with Crippen LogP contribution in [0.2, 0.25) is 0 Å². The van der Waals surface area contributed by atoms with Gasteiger partial charge in [-0.15, -0.1) is 0 Å². The fraction of sp³-hybridized carbons (Fsp3) is 0.500. The predicted octanol–water partition coefficient (Wildman–Crippen LogP) is 4.00. The molecule has 0 radical (unpaired) electrons. The van der Waals surface area contributed by atoms with Gasteiger partial charge < -0.3 is 0 Å². The molecule has 0 aliphatic heterocycles. The second-order valence-electron chi connectivity index (χ2n) is 4.84. The Balaban J connectivity index is 1.97. The van der Waals surface area contributed by atoms with Crippen LogP contribution >= 0.6 is 0 Å². The minimum Gasteiger partial charge on any atom is -0.281 e. The Hall–Kier alpha value is -1.31. The number of rotatable bonds is 1. The summed E-state index contributed by atoms with van der Waals surface area (Å²) in [5.41, 5.74) is 2.49. The first-order chi connectivity index (χ1) is 7.95. The highest BCUT2D eigenvalue weighted by Gasteiger charge is 2.18. The summed E-state index contributed by atoms with van der Waals surface area (Å²) in [5, 5.41) is 8.99. The van der Waals surface area contributed by atoms with Crippen LogP contribution in [0.4, 0.5) is 0 Å². The van der Waals surface area contributed by atoms with Crippen LogP contribution in [0.25, 0.3) is 10.9 Å². The van der Waals surface area contributed by atoms with Crippen LogP contribution in [0, 0.1) is 0 Å². The summed E-state index contributed by atoms with van der Waals surface area (Å²) in [6.07, 6.45) is 8.21. The van der Waals surface area contributed by atoms with E-state index in [1.807, 2.05) is 0 Å². The third-order valence-electron chi connectivity index (χ3n) is 3.75. The van der Waals surface area contributed by atoms with Crippen molar-refractivity contribution in [2.24, 2.45) is 0 Å². The highest BCUT2D eigenvalue weighted by Crippen LogP contribution is 2.33. The fourth-order valence-electron chi connectivity index (χ4n) is 2.86. The Morgan fingerprint density at radius 2 is 1.75 bits per heavy atom. The molecule has 3 rings (SSSR count). The molecule has 0 spiro atoms. The Morgan fingerprint density at radius 1 is 1.00 bits per heavy atom. The first-order valence-electron chi connectivity index (χ1n) is 6.38. The maximum Gasteiger partial charge on any atom is 0.0923 e. The molecule has 0 amide bonds. The van der Waals surface area contributed by atoms with E-state index in [0.29, 0.717) is 5.92 Å². The van der Waals surface area contributed by atoms with Gasteiger partial charge in [0.25, 0.3) is 0 Å². The minimum atomic E-state index is 0.704. The van der Waals surface area contributed by atoms with E-state index >= 15 is 0 Å². The van der Waals surface area contributed by atoms with Crippen molar-refractivity contribution in [3.05, 3.63) is 30.0 Å². The maximum atomic E-state index is 4.40. The summed E-state index contributed by atoms with van der Waals surface area (Å²) in [4.78, 5) is 0. The summed E-state index contributed by atoms with van der Waals surface area (Å²) in [6, 6.07) is 8.45. The zero-order valence-electron chi connectivity index (χ0n) is 9.58. The highest BCUT2D eigenvalue weighted by atomic mass is 15.1. The zero-order valence-corrected chi connectivity index (χ0v) is 9.58. The number of para-hydroxylation sites is 1. The third kappa shape index (κ3) is 1.73. The lowest BCUT2D eigenvalue weighted by Gasteiger charge is -2.11. The van der Waals surface area contributed by atoms with Gasteiger partial charge in [-0.1, -0.05) is 43.9 Å². The molecule has 0 saturated heterocycles. The molecule has 2 nitrogen and oxygen atoms in total. The molecule has 1 fully saturated rings. The number of hydrogen-bond acceptors (Lipinski definition) is 1. The Bertz CT molecular complexity index is 464. The van der Waals surface area contributed by atoms with Crippen LogP contribution in [0.15, 0.2) is 24.3 Å². The van der Waals surface area contributed by atoms with Gasteiger partial charge in [-0.2, -0.15) is 5.10 Å². The van der Waals surface area contributed by atoms with Crippen molar-refractivity contribution in [2.75, 3.05) is 0 Å². The number of nitrogens with one attached hydrogen (secondary N) is 1. The molecule has 0 unspecified atom stereocenters. The number of aromatic amines is 1. The maximum absolute atomic E-state index is 4.40. The van der Waals surface area contributed by atoms with Gasteiger partial charge in [0.2, 0.25) is 0 Å². The molecule has 1 N–H and O–H groups in total. The molecule has 0 bridgehead atoms. The first-order valence-corrected chi connectivity index (χ1v) is 6.38. The lowest BCUT2D eigenvalue weighted by molar-refractivity contribution is 0.579. The summed E-state index contributed by atoms with van der Waals surface area (Å²) in [7, 11) is 0. The van der Waals surface area contributed by atoms with E-state index in [1.54, 1.807) is 0 Å². The topological polar surface area (TPSA) is 28.7 Å². The number of fused-ring (bicyclic) bond motifs is 1. The Kier molecular flexibility index (Phi) is 2.65. The van der Waals surface area contributed by atoms with Crippen molar-refractivity contribution in [3.8, 4) is 0 Å². The molecule has 1 heterocycles. The summed E-state index contributed by atoms with van der Waals surface area (Å²) < 4.78 is 0. The van der Waals surface area contributed by atoms with E-state index in [0.717, 1.165) is 5.52 Å². The second-order valence-corrected chi connectivity index (χ2v) is 4.84. The lowest BCUT2D eigenvalue weighted by atomic mass is 9.94. The molecular formula is C14H18N2. The molecule has 2 heteroatoms. The number of hydrogen-bond donors (Lipinski definition) is 1. The summed E-state index contributed by atoms with van der Waals surface area (Å²) in [5.74, 6) is 0.704. The summed E-state index contributed by atoms with van der Waals surface area (Å²) in [6.45, 7) is 0. The average Bonchev–Trinajstić information content (AvgIpc) is 2.57. The minimum absolute atomic E-state index is 0.704. The molecule has 1 aliphatic carbocycles. The Morgan fingerprint density at radius 3 is 2.56 bits per heavy atom. The molecule has 0 atom stereocenters. The van der Waals surface area contributed by atoms with E-state index in [4.69, 9.17) is 0 Å². The largest absolute Gasteiger partial charge is 0.281 e. The van der Waals surface area contributed by atoms with Crippen LogP contribution in [-0.4, -0.2) is 10.2 Å². The number of benzene rings is 1. The molecule has 1 saturated carbocycles. The SMILES string of the molecule is c1ccc2c(C3CCCCCC3)[nH]nc2c1. The molecular weight excluding hydrogens is 196 g/mol. The van der Waals surface area contributed by atoms with E-state index in [1.165, 1.54) is 49.6 Å². The van der Waals surface area contributed by atoms with Crippen LogP contribution in [-0.2, 0) is 0 Å². The van der Waals surface area contributed by atoms with Crippen molar-refractivity contribution in [2.45, 2.75) is 44.4 Å². The van der Waals surface area contributed by atoms with E-state index in [-0.39, 0.29) is 0 Å². The number of aromatic nitrogens is 2. The third-order valence-corrected chi connectivity index (χ3v) is 3.75. The van der Waals surface area contributed by atoms with Crippen LogP contribution in [0.3, 0.4) is 0 Å². The summed E-state index contributed by atoms with van der Waals surface area (Å²) >= 11 is 0. The van der Waals surface area contributed by atoms with Crippen LogP contribution in [0.5, 0.6) is 0 Å². The average molecular weight is 214 g/mol. The standard InChI is InChI=1S/C14H18N2/c1-2-4-8-11(7-3-1)14-12-9-5-6-10-13(12)15-16-14/h5-6,9-11H,1-4,7-8H2,(H,15,16). The normalized spacial score (nSPS) is 18.8. The highest BCUT2D eigenvalue weighted by molar-refractivity contribution is 5.81. The van der Waals surface area contributed by atoms with Crippen molar-refractivity contribution in [3.63, 3.8) is 0 Å². The van der Waals surface area contributed by atoms with Crippen molar-refractivity contribution >= 4 is 10.9 Å². The van der Waals surface area contributed by atoms with E-state index in [2.05, 4.69) is 34.5 Å². The van der Waals surface area contributed by atoms with Crippen molar-refractivity contribution in [1.82, 2.24) is 10.2 Å². The second kappa shape index (κ2) is 4.28. The van der Waals surface area contributed by atoms with Gasteiger partial charge in [-0.25, -0.2) is 0 Å². The Labute approximate surface area is 96.1 Å². The molecule has 1 aromatic heterocycles. The van der Waals surface area contributed by atoms with E-state index in [9.17, 15) is 0 Å². The van der Waals surface area contributed by atoms with Gasteiger partial charge in [-0.05, 0) is 18.9 Å². The van der Waals surface area contributed by atoms with E-state index < -0.39 is 0 Å². The quantitative estimate of drug-likeness (QED) is 0.714. The molecule has 84 valence electrons. The smallest absolute Gasteiger partial charge is 0.0923 e. The van der Waals surface area contributed by atoms with Crippen molar-refractivity contribution in [1.29, 1.82) is 0 Å². The van der Waals surface area contributed by atoms with Gasteiger partial charge in [0.1, 0.15) is 0 Å². The van der Waals surface area contributed by atoms with Gasteiger partial charge in [0, 0.05) is 17.0 Å². The number of H-pyrrole nitrogens is 1. The monoisotopic (exact) mass is 214 g/mol. The van der Waals surface area contributed by atoms with Gasteiger partial charge >= 0.3 is 0 Å². The van der Waals surface area contributed by atoms with Gasteiger partial charge in [0.15, 0.2) is 0 Å². The van der Waals surface area contributed by atoms with Crippen LogP contribution < -0.4 is 0 Å². The molecule has 1 aromatic carbocycles. The molecule has 1 aliphatic rings. The van der Waals surface area contributed by atoms with Crippen LogP contribution in [0.1, 0.15) is 50.1 Å². The predicted molar refractivity (Wildman–Crippen MR) is 66.5 cm³/mol. The molecule has 16 heavy (non-hydrogen) atoms. The zero-order chi connectivity index (χ0) is 10.8. The van der Waals surface area contributed by atoms with Gasteiger partial charge in [0.05, 0.1) is 5.52 Å². The number of nitrogens with zero attached hydrogens (tertiary/aromatic N) is 1. The van der Waals surface area contributed by atoms with Crippen molar-refractivity contribution < 1.29 is 0 Å².